The van der Waals surface area contributed by atoms with Crippen LogP contribution in [0.3, 0.4) is 0 Å². The molecule has 0 aliphatic rings. The Bertz CT molecular complexity index is 402. The molecule has 0 aromatic heterocycles. The molecule has 0 radical (unpaired) electrons. The van der Waals surface area contributed by atoms with Gasteiger partial charge in [-0.25, -0.2) is 0 Å². The molecule has 1 aromatic rings. The molecular formula is C13H20N2O2. The minimum atomic E-state index is -0.357. The summed E-state index contributed by atoms with van der Waals surface area (Å²) in [5.41, 5.74) is 7.29. The number of likely N-dealkylation sites (N-methyl/N-ethyl adjacent to an activating group) is 1. The van der Waals surface area contributed by atoms with Crippen LogP contribution in [0.4, 0.5) is 5.69 Å². The first-order valence-electron chi connectivity index (χ1n) is 5.63. The standard InChI is InChI=1S/C13H20N2O2/c1-9(2)10-5-6-12(17-4)11(7-10)15(3)8-13(14)16/h5-7,9H,8H2,1-4H3,(H2,14,16). The monoisotopic (exact) mass is 236 g/mol. The van der Waals surface area contributed by atoms with Crippen LogP contribution in [0.2, 0.25) is 0 Å². The lowest BCUT2D eigenvalue weighted by Crippen LogP contribution is -2.30. The molecule has 0 saturated heterocycles. The van der Waals surface area contributed by atoms with Crippen LogP contribution in [0.5, 0.6) is 5.75 Å². The number of nitrogens with zero attached hydrogens (tertiary/aromatic N) is 1. The van der Waals surface area contributed by atoms with Crippen LogP contribution in [0.1, 0.15) is 25.3 Å². The highest BCUT2D eigenvalue weighted by molar-refractivity contribution is 5.80. The number of hydrogen-bond donors (Lipinski definition) is 1. The zero-order valence-corrected chi connectivity index (χ0v) is 10.9. The molecule has 0 unspecified atom stereocenters. The van der Waals surface area contributed by atoms with Crippen molar-refractivity contribution in [3.8, 4) is 5.75 Å². The molecule has 0 aliphatic heterocycles. The summed E-state index contributed by atoms with van der Waals surface area (Å²) in [5.74, 6) is 0.823. The van der Waals surface area contributed by atoms with Gasteiger partial charge in [0.05, 0.1) is 19.3 Å². The zero-order chi connectivity index (χ0) is 13.0. The van der Waals surface area contributed by atoms with Gasteiger partial charge in [-0.1, -0.05) is 19.9 Å². The van der Waals surface area contributed by atoms with Crippen molar-refractivity contribution < 1.29 is 9.53 Å². The van der Waals surface area contributed by atoms with E-state index in [4.69, 9.17) is 10.5 Å². The van der Waals surface area contributed by atoms with E-state index < -0.39 is 0 Å². The first-order valence-corrected chi connectivity index (χ1v) is 5.63. The maximum absolute atomic E-state index is 10.9. The summed E-state index contributed by atoms with van der Waals surface area (Å²) in [4.78, 5) is 12.7. The Labute approximate surface area is 102 Å². The number of anilines is 1. The number of primary amides is 1. The van der Waals surface area contributed by atoms with Gasteiger partial charge in [-0.15, -0.1) is 0 Å². The molecule has 4 heteroatoms. The van der Waals surface area contributed by atoms with Crippen molar-refractivity contribution >= 4 is 11.6 Å². The van der Waals surface area contributed by atoms with Crippen LogP contribution in [0.25, 0.3) is 0 Å². The lowest BCUT2D eigenvalue weighted by molar-refractivity contribution is -0.116. The molecule has 17 heavy (non-hydrogen) atoms. The fraction of sp³-hybridized carbons (Fsp3) is 0.462. The number of benzene rings is 1. The van der Waals surface area contributed by atoms with Gasteiger partial charge in [0, 0.05) is 7.05 Å². The second kappa shape index (κ2) is 5.57. The van der Waals surface area contributed by atoms with E-state index >= 15 is 0 Å². The molecule has 0 saturated carbocycles. The molecule has 0 atom stereocenters. The van der Waals surface area contributed by atoms with E-state index in [1.807, 2.05) is 25.2 Å². The van der Waals surface area contributed by atoms with Crippen molar-refractivity contribution in [3.63, 3.8) is 0 Å². The average molecular weight is 236 g/mol. The minimum Gasteiger partial charge on any atom is -0.495 e. The normalized spacial score (nSPS) is 10.4. The molecular weight excluding hydrogens is 216 g/mol. The summed E-state index contributed by atoms with van der Waals surface area (Å²) in [7, 11) is 3.44. The third-order valence-electron chi connectivity index (χ3n) is 2.67. The predicted molar refractivity (Wildman–Crippen MR) is 69.5 cm³/mol. The number of ether oxygens (including phenoxy) is 1. The molecule has 0 heterocycles. The van der Waals surface area contributed by atoms with E-state index in [9.17, 15) is 4.79 Å². The molecule has 0 spiro atoms. The molecule has 1 rings (SSSR count). The van der Waals surface area contributed by atoms with Gasteiger partial charge in [-0.3, -0.25) is 4.79 Å². The Morgan fingerprint density at radius 2 is 2.12 bits per heavy atom. The summed E-state index contributed by atoms with van der Waals surface area (Å²) in [6, 6.07) is 5.99. The lowest BCUT2D eigenvalue weighted by Gasteiger charge is -2.21. The van der Waals surface area contributed by atoms with Gasteiger partial charge >= 0.3 is 0 Å². The number of hydrogen-bond acceptors (Lipinski definition) is 3. The van der Waals surface area contributed by atoms with Gasteiger partial charge in [-0.2, -0.15) is 0 Å². The maximum atomic E-state index is 10.9. The number of methoxy groups -OCH3 is 1. The number of carbonyl (C=O) groups is 1. The fourth-order valence-electron chi connectivity index (χ4n) is 1.68. The highest BCUT2D eigenvalue weighted by atomic mass is 16.5. The summed E-state index contributed by atoms with van der Waals surface area (Å²) >= 11 is 0. The van der Waals surface area contributed by atoms with Gasteiger partial charge in [0.1, 0.15) is 5.75 Å². The molecule has 0 aliphatic carbocycles. The van der Waals surface area contributed by atoms with Gasteiger partial charge in [0.15, 0.2) is 0 Å². The summed E-state index contributed by atoms with van der Waals surface area (Å²) in [6.45, 7) is 4.43. The molecule has 1 aromatic carbocycles. The fourth-order valence-corrected chi connectivity index (χ4v) is 1.68. The van der Waals surface area contributed by atoms with Gasteiger partial charge in [0.2, 0.25) is 5.91 Å². The van der Waals surface area contributed by atoms with Crippen LogP contribution >= 0.6 is 0 Å². The summed E-state index contributed by atoms with van der Waals surface area (Å²) in [6.07, 6.45) is 0. The first-order chi connectivity index (χ1) is 7.95. The zero-order valence-electron chi connectivity index (χ0n) is 10.9. The van der Waals surface area contributed by atoms with Gasteiger partial charge < -0.3 is 15.4 Å². The highest BCUT2D eigenvalue weighted by Crippen LogP contribution is 2.30. The predicted octanol–water partition coefficient (Wildman–Crippen LogP) is 1.74. The average Bonchev–Trinajstić information content (AvgIpc) is 2.27. The highest BCUT2D eigenvalue weighted by Gasteiger charge is 2.12. The van der Waals surface area contributed by atoms with Crippen molar-refractivity contribution in [2.75, 3.05) is 25.6 Å². The smallest absolute Gasteiger partial charge is 0.236 e. The largest absolute Gasteiger partial charge is 0.495 e. The van der Waals surface area contributed by atoms with Gasteiger partial charge in [-0.05, 0) is 23.6 Å². The first kappa shape index (κ1) is 13.4. The van der Waals surface area contributed by atoms with Crippen molar-refractivity contribution in [1.82, 2.24) is 0 Å². The SMILES string of the molecule is COc1ccc(C(C)C)cc1N(C)CC(N)=O. The van der Waals surface area contributed by atoms with Crippen molar-refractivity contribution in [2.24, 2.45) is 5.73 Å². The molecule has 0 bridgehead atoms. The number of amides is 1. The number of nitrogens with two attached hydrogens (primary N) is 1. The molecule has 2 N–H and O–H groups in total. The Balaban J connectivity index is 3.09. The minimum absolute atomic E-state index is 0.178. The summed E-state index contributed by atoms with van der Waals surface area (Å²) < 4.78 is 5.29. The van der Waals surface area contributed by atoms with Crippen molar-refractivity contribution in [3.05, 3.63) is 23.8 Å². The topological polar surface area (TPSA) is 55.6 Å². The maximum Gasteiger partial charge on any atom is 0.236 e. The van der Waals surface area contributed by atoms with Crippen molar-refractivity contribution in [2.45, 2.75) is 19.8 Å². The number of carbonyl (C=O) groups excluding carboxylic acids is 1. The Morgan fingerprint density at radius 1 is 1.47 bits per heavy atom. The lowest BCUT2D eigenvalue weighted by atomic mass is 10.0. The van der Waals surface area contributed by atoms with Crippen LogP contribution in [-0.4, -0.2) is 26.6 Å². The molecule has 4 nitrogen and oxygen atoms in total. The Hall–Kier alpha value is -1.71. The Kier molecular flexibility index (Phi) is 4.37. The van der Waals surface area contributed by atoms with E-state index in [2.05, 4.69) is 13.8 Å². The van der Waals surface area contributed by atoms with E-state index in [1.165, 1.54) is 5.56 Å². The third kappa shape index (κ3) is 3.37. The van der Waals surface area contributed by atoms with E-state index in [0.29, 0.717) is 5.92 Å². The van der Waals surface area contributed by atoms with Crippen LogP contribution in [-0.2, 0) is 4.79 Å². The quantitative estimate of drug-likeness (QED) is 0.847. The second-order valence-electron chi connectivity index (χ2n) is 4.41. The molecule has 0 fully saturated rings. The third-order valence-corrected chi connectivity index (χ3v) is 2.67. The van der Waals surface area contributed by atoms with Crippen molar-refractivity contribution in [1.29, 1.82) is 0 Å². The summed E-state index contributed by atoms with van der Waals surface area (Å²) in [5, 5.41) is 0. The molecule has 94 valence electrons. The van der Waals surface area contributed by atoms with E-state index in [0.717, 1.165) is 11.4 Å². The van der Waals surface area contributed by atoms with Crippen LogP contribution in [0.15, 0.2) is 18.2 Å². The van der Waals surface area contributed by atoms with Crippen LogP contribution < -0.4 is 15.4 Å². The number of rotatable bonds is 5. The van der Waals surface area contributed by atoms with E-state index in [1.54, 1.807) is 12.0 Å². The Morgan fingerprint density at radius 3 is 2.59 bits per heavy atom. The van der Waals surface area contributed by atoms with Gasteiger partial charge in [0.25, 0.3) is 0 Å². The van der Waals surface area contributed by atoms with Crippen LogP contribution in [0, 0.1) is 0 Å². The molecule has 1 amide bonds. The van der Waals surface area contributed by atoms with E-state index in [-0.39, 0.29) is 12.5 Å². The second-order valence-corrected chi connectivity index (χ2v) is 4.41.